The molecule has 0 saturated carbocycles. The fourth-order valence-electron chi connectivity index (χ4n) is 2.19. The van der Waals surface area contributed by atoms with Crippen molar-refractivity contribution in [1.29, 1.82) is 0 Å². The number of nitrogens with one attached hydrogen (secondary N) is 1. The van der Waals surface area contributed by atoms with Crippen LogP contribution in [0.5, 0.6) is 5.75 Å². The van der Waals surface area contributed by atoms with Gasteiger partial charge in [0.15, 0.2) is 0 Å². The molecule has 21 heavy (non-hydrogen) atoms. The summed E-state index contributed by atoms with van der Waals surface area (Å²) >= 11 is 3.10. The molecular weight excluding hydrogens is 347 g/mol. The van der Waals surface area contributed by atoms with Gasteiger partial charge in [-0.3, -0.25) is 0 Å². The highest BCUT2D eigenvalue weighted by Gasteiger charge is 2.20. The van der Waals surface area contributed by atoms with Crippen LogP contribution in [0.15, 0.2) is 34.8 Å². The lowest BCUT2D eigenvalue weighted by molar-refractivity contribution is 0.401. The highest BCUT2D eigenvalue weighted by atomic mass is 79.9. The van der Waals surface area contributed by atoms with Crippen molar-refractivity contribution < 1.29 is 17.9 Å². The van der Waals surface area contributed by atoms with Crippen molar-refractivity contribution in [3.63, 3.8) is 0 Å². The van der Waals surface area contributed by atoms with Crippen LogP contribution < -0.4 is 10.1 Å². The summed E-state index contributed by atoms with van der Waals surface area (Å²) in [6.07, 6.45) is 0. The lowest BCUT2D eigenvalue weighted by Crippen LogP contribution is -2.19. The van der Waals surface area contributed by atoms with Crippen LogP contribution in [0.2, 0.25) is 0 Å². The molecular formula is C15H13BrF3NO. The van der Waals surface area contributed by atoms with Gasteiger partial charge < -0.3 is 10.1 Å². The molecule has 0 radical (unpaired) electrons. The summed E-state index contributed by atoms with van der Waals surface area (Å²) in [6.45, 7) is 0. The van der Waals surface area contributed by atoms with E-state index in [0.29, 0.717) is 16.9 Å². The quantitative estimate of drug-likeness (QED) is 0.883. The molecule has 0 aliphatic rings. The van der Waals surface area contributed by atoms with Crippen LogP contribution in [0, 0.1) is 17.5 Å². The Bertz CT molecular complexity index is 643. The molecule has 1 N–H and O–H groups in total. The Labute approximate surface area is 129 Å². The highest BCUT2D eigenvalue weighted by Crippen LogP contribution is 2.34. The van der Waals surface area contributed by atoms with Gasteiger partial charge >= 0.3 is 0 Å². The van der Waals surface area contributed by atoms with Crippen LogP contribution >= 0.6 is 15.9 Å². The first-order valence-electron chi connectivity index (χ1n) is 6.12. The molecule has 1 unspecified atom stereocenters. The van der Waals surface area contributed by atoms with Crippen LogP contribution in [0.4, 0.5) is 13.2 Å². The van der Waals surface area contributed by atoms with Crippen molar-refractivity contribution in [2.75, 3.05) is 14.2 Å². The molecule has 2 aromatic carbocycles. The van der Waals surface area contributed by atoms with E-state index in [0.717, 1.165) is 6.07 Å². The first-order chi connectivity index (χ1) is 9.96. The van der Waals surface area contributed by atoms with Crippen LogP contribution in [-0.2, 0) is 0 Å². The van der Waals surface area contributed by atoms with Crippen LogP contribution in [0.3, 0.4) is 0 Å². The maximum Gasteiger partial charge on any atom is 0.141 e. The van der Waals surface area contributed by atoms with E-state index in [9.17, 15) is 13.2 Å². The normalized spacial score (nSPS) is 12.3. The predicted molar refractivity (Wildman–Crippen MR) is 77.9 cm³/mol. The molecule has 0 amide bonds. The summed E-state index contributed by atoms with van der Waals surface area (Å²) in [7, 11) is 3.05. The third-order valence-corrected chi connectivity index (χ3v) is 3.70. The number of benzene rings is 2. The van der Waals surface area contributed by atoms with Crippen molar-refractivity contribution in [1.82, 2.24) is 5.32 Å². The molecule has 0 aromatic heterocycles. The Morgan fingerprint density at radius 1 is 1.05 bits per heavy atom. The Balaban J connectivity index is 2.58. The van der Waals surface area contributed by atoms with Gasteiger partial charge in [0.05, 0.1) is 17.6 Å². The van der Waals surface area contributed by atoms with E-state index in [1.54, 1.807) is 7.05 Å². The fourth-order valence-corrected chi connectivity index (χ4v) is 2.55. The molecule has 0 fully saturated rings. The smallest absolute Gasteiger partial charge is 0.141 e. The number of hydrogen-bond acceptors (Lipinski definition) is 2. The molecule has 2 aromatic rings. The zero-order valence-corrected chi connectivity index (χ0v) is 13.0. The van der Waals surface area contributed by atoms with E-state index in [1.165, 1.54) is 31.4 Å². The van der Waals surface area contributed by atoms with Crippen molar-refractivity contribution in [2.45, 2.75) is 6.04 Å². The Hall–Kier alpha value is -1.53. The van der Waals surface area contributed by atoms with Gasteiger partial charge in [-0.05, 0) is 46.7 Å². The second-order valence-corrected chi connectivity index (χ2v) is 5.29. The average Bonchev–Trinajstić information content (AvgIpc) is 2.42. The van der Waals surface area contributed by atoms with E-state index >= 15 is 0 Å². The first kappa shape index (κ1) is 15.9. The van der Waals surface area contributed by atoms with Gasteiger partial charge in [-0.15, -0.1) is 0 Å². The SMILES string of the molecule is CNC(c1cc(F)cc(F)c1)c1cc(Br)c(F)cc1OC. The summed E-state index contributed by atoms with van der Waals surface area (Å²) in [4.78, 5) is 0. The van der Waals surface area contributed by atoms with Crippen molar-refractivity contribution in [3.05, 3.63) is 63.4 Å². The number of hydrogen-bond donors (Lipinski definition) is 1. The third kappa shape index (κ3) is 3.39. The zero-order chi connectivity index (χ0) is 15.6. The van der Waals surface area contributed by atoms with Gasteiger partial charge in [0, 0.05) is 17.7 Å². The van der Waals surface area contributed by atoms with E-state index in [1.807, 2.05) is 0 Å². The predicted octanol–water partition coefficient (Wildman–Crippen LogP) is 4.18. The fraction of sp³-hybridized carbons (Fsp3) is 0.200. The summed E-state index contributed by atoms with van der Waals surface area (Å²) < 4.78 is 45.8. The molecule has 0 aliphatic heterocycles. The van der Waals surface area contributed by atoms with Gasteiger partial charge in [0.25, 0.3) is 0 Å². The molecule has 2 nitrogen and oxygen atoms in total. The Morgan fingerprint density at radius 3 is 2.19 bits per heavy atom. The lowest BCUT2D eigenvalue weighted by atomic mass is 9.97. The standard InChI is InChI=1S/C15H13BrF3NO/c1-20-15(8-3-9(17)5-10(18)4-8)11-6-12(16)13(19)7-14(11)21-2/h3-7,15,20H,1-2H3. The van der Waals surface area contributed by atoms with E-state index in [2.05, 4.69) is 21.2 Å². The largest absolute Gasteiger partial charge is 0.496 e. The minimum Gasteiger partial charge on any atom is -0.496 e. The Kier molecular flexibility index (Phi) is 4.90. The lowest BCUT2D eigenvalue weighted by Gasteiger charge is -2.20. The van der Waals surface area contributed by atoms with Crippen LogP contribution in [-0.4, -0.2) is 14.2 Å². The van der Waals surface area contributed by atoms with Crippen molar-refractivity contribution in [2.24, 2.45) is 0 Å². The second-order valence-electron chi connectivity index (χ2n) is 4.43. The van der Waals surface area contributed by atoms with E-state index < -0.39 is 23.5 Å². The summed E-state index contributed by atoms with van der Waals surface area (Å²) in [6, 6.07) is 5.45. The van der Waals surface area contributed by atoms with Crippen molar-refractivity contribution in [3.8, 4) is 5.75 Å². The number of rotatable bonds is 4. The van der Waals surface area contributed by atoms with E-state index in [4.69, 9.17) is 4.74 Å². The zero-order valence-electron chi connectivity index (χ0n) is 11.4. The van der Waals surface area contributed by atoms with Crippen LogP contribution in [0.25, 0.3) is 0 Å². The van der Waals surface area contributed by atoms with Gasteiger partial charge in [0.1, 0.15) is 23.2 Å². The van der Waals surface area contributed by atoms with Crippen molar-refractivity contribution >= 4 is 15.9 Å². The molecule has 0 aliphatic carbocycles. The molecule has 0 heterocycles. The van der Waals surface area contributed by atoms with Gasteiger partial charge in [-0.25, -0.2) is 13.2 Å². The van der Waals surface area contributed by atoms with Gasteiger partial charge in [0.2, 0.25) is 0 Å². The molecule has 112 valence electrons. The second kappa shape index (κ2) is 6.49. The molecule has 0 spiro atoms. The van der Waals surface area contributed by atoms with Gasteiger partial charge in [-0.2, -0.15) is 0 Å². The Morgan fingerprint density at radius 2 is 1.67 bits per heavy atom. The minimum absolute atomic E-state index is 0.246. The maximum atomic E-state index is 13.6. The number of halogens is 4. The van der Waals surface area contributed by atoms with E-state index in [-0.39, 0.29) is 4.47 Å². The average molecular weight is 360 g/mol. The minimum atomic E-state index is -0.676. The first-order valence-corrected chi connectivity index (χ1v) is 6.91. The summed E-state index contributed by atoms with van der Waals surface area (Å²) in [5.74, 6) is -1.54. The highest BCUT2D eigenvalue weighted by molar-refractivity contribution is 9.10. The monoisotopic (exact) mass is 359 g/mol. The molecule has 2 rings (SSSR count). The molecule has 0 saturated heterocycles. The van der Waals surface area contributed by atoms with Gasteiger partial charge in [-0.1, -0.05) is 0 Å². The third-order valence-electron chi connectivity index (χ3n) is 3.09. The summed E-state index contributed by atoms with van der Waals surface area (Å²) in [5.41, 5.74) is 0.949. The molecule has 1 atom stereocenters. The van der Waals surface area contributed by atoms with Crippen LogP contribution in [0.1, 0.15) is 17.2 Å². The number of ether oxygens (including phenoxy) is 1. The maximum absolute atomic E-state index is 13.6. The summed E-state index contributed by atoms with van der Waals surface area (Å²) in [5, 5.41) is 2.95. The topological polar surface area (TPSA) is 21.3 Å². The molecule has 6 heteroatoms. The number of methoxy groups -OCH3 is 1. The molecule has 0 bridgehead atoms.